The zero-order valence-electron chi connectivity index (χ0n) is 15.7. The van der Waals surface area contributed by atoms with Crippen LogP contribution in [0.1, 0.15) is 65.2 Å². The van der Waals surface area contributed by atoms with Crippen LogP contribution in [0.25, 0.3) is 0 Å². The van der Waals surface area contributed by atoms with Crippen molar-refractivity contribution in [1.82, 2.24) is 0 Å². The Labute approximate surface area is 154 Å². The first-order valence-corrected chi connectivity index (χ1v) is 9.51. The highest BCUT2D eigenvalue weighted by molar-refractivity contribution is 5.67. The van der Waals surface area contributed by atoms with E-state index >= 15 is 0 Å². The molecule has 0 aromatic rings. The van der Waals surface area contributed by atoms with Crippen LogP contribution in [0, 0.1) is 0 Å². The van der Waals surface area contributed by atoms with Gasteiger partial charge in [-0.15, -0.1) is 0 Å². The number of unbranched alkanes of at least 4 members (excludes halogenated alkanes) is 2. The van der Waals surface area contributed by atoms with Gasteiger partial charge >= 0.3 is 5.97 Å². The van der Waals surface area contributed by atoms with Crippen molar-refractivity contribution in [2.75, 3.05) is 0 Å². The Hall–Kier alpha value is -0.770. The minimum atomic E-state index is -1.34. The monoisotopic (exact) mass is 378 g/mol. The number of ether oxygens (including phenoxy) is 2. The Morgan fingerprint density at radius 3 is 2.31 bits per heavy atom. The van der Waals surface area contributed by atoms with Gasteiger partial charge in [-0.1, -0.05) is 26.2 Å². The van der Waals surface area contributed by atoms with E-state index in [2.05, 4.69) is 6.92 Å². The summed E-state index contributed by atoms with van der Waals surface area (Å²) in [4.78, 5) is 10.6. The number of carbonyl (C=O) groups is 1. The van der Waals surface area contributed by atoms with Gasteiger partial charge in [-0.25, -0.2) is 0 Å². The first kappa shape index (κ1) is 23.3. The molecule has 0 amide bonds. The largest absolute Gasteiger partial charge is 0.481 e. The topological polar surface area (TPSA) is 137 Å². The van der Waals surface area contributed by atoms with Crippen LogP contribution in [0.2, 0.25) is 0 Å². The number of carboxylic acids is 1. The summed E-state index contributed by atoms with van der Waals surface area (Å²) < 4.78 is 11.3. The van der Waals surface area contributed by atoms with Gasteiger partial charge < -0.3 is 35.0 Å². The molecule has 1 heterocycles. The van der Waals surface area contributed by atoms with Gasteiger partial charge in [0.25, 0.3) is 0 Å². The van der Waals surface area contributed by atoms with Gasteiger partial charge in [-0.05, 0) is 32.6 Å². The maximum atomic E-state index is 10.6. The summed E-state index contributed by atoms with van der Waals surface area (Å²) >= 11 is 0. The quantitative estimate of drug-likeness (QED) is 0.314. The third kappa shape index (κ3) is 7.85. The lowest BCUT2D eigenvalue weighted by Gasteiger charge is -2.40. The van der Waals surface area contributed by atoms with E-state index in [4.69, 9.17) is 14.6 Å². The van der Waals surface area contributed by atoms with Crippen molar-refractivity contribution in [2.45, 2.75) is 108 Å². The van der Waals surface area contributed by atoms with E-state index in [1.165, 1.54) is 0 Å². The van der Waals surface area contributed by atoms with E-state index in [-0.39, 0.29) is 12.5 Å². The van der Waals surface area contributed by atoms with Gasteiger partial charge in [0.1, 0.15) is 18.3 Å². The second kappa shape index (κ2) is 11.8. The van der Waals surface area contributed by atoms with Crippen LogP contribution in [0.3, 0.4) is 0 Å². The maximum absolute atomic E-state index is 10.6. The fourth-order valence-electron chi connectivity index (χ4n) is 3.10. The maximum Gasteiger partial charge on any atom is 0.305 e. The smallest absolute Gasteiger partial charge is 0.305 e. The molecular weight excluding hydrogens is 344 g/mol. The van der Waals surface area contributed by atoms with Gasteiger partial charge in [-0.3, -0.25) is 4.79 Å². The first-order chi connectivity index (χ1) is 12.3. The van der Waals surface area contributed by atoms with Crippen molar-refractivity contribution in [3.63, 3.8) is 0 Å². The summed E-state index contributed by atoms with van der Waals surface area (Å²) in [6.45, 7) is 3.69. The van der Waals surface area contributed by atoms with Crippen molar-refractivity contribution in [3.05, 3.63) is 0 Å². The molecule has 0 aromatic carbocycles. The zero-order chi connectivity index (χ0) is 19.7. The summed E-state index contributed by atoms with van der Waals surface area (Å²) in [6, 6.07) is 0. The molecule has 1 aliphatic rings. The molecule has 26 heavy (non-hydrogen) atoms. The lowest BCUT2D eigenvalue weighted by atomic mass is 9.99. The molecule has 5 N–H and O–H groups in total. The molecule has 1 saturated heterocycles. The Morgan fingerprint density at radius 2 is 1.69 bits per heavy atom. The van der Waals surface area contributed by atoms with Crippen molar-refractivity contribution in [1.29, 1.82) is 0 Å². The number of hydrogen-bond acceptors (Lipinski definition) is 7. The van der Waals surface area contributed by atoms with E-state index in [1.54, 1.807) is 6.92 Å². The van der Waals surface area contributed by atoms with Gasteiger partial charge in [0, 0.05) is 0 Å². The number of hydrogen-bond donors (Lipinski definition) is 5. The lowest BCUT2D eigenvalue weighted by molar-refractivity contribution is -0.305. The van der Waals surface area contributed by atoms with Crippen LogP contribution in [-0.2, 0) is 14.3 Å². The fraction of sp³-hybridized carbons (Fsp3) is 0.944. The normalized spacial score (nSPS) is 31.5. The highest BCUT2D eigenvalue weighted by atomic mass is 16.7. The third-order valence-corrected chi connectivity index (χ3v) is 4.74. The van der Waals surface area contributed by atoms with Crippen LogP contribution in [0.15, 0.2) is 0 Å². The molecule has 0 spiro atoms. The zero-order valence-corrected chi connectivity index (χ0v) is 15.7. The number of aliphatic carboxylic acids is 1. The van der Waals surface area contributed by atoms with Crippen LogP contribution in [-0.4, -0.2) is 74.4 Å². The molecule has 0 saturated carbocycles. The van der Waals surface area contributed by atoms with E-state index in [0.717, 1.165) is 25.7 Å². The van der Waals surface area contributed by atoms with Crippen LogP contribution in [0.4, 0.5) is 0 Å². The molecule has 1 fully saturated rings. The fourth-order valence-corrected chi connectivity index (χ4v) is 3.10. The number of aliphatic hydroxyl groups is 4. The molecule has 1 rings (SSSR count). The van der Waals surface area contributed by atoms with Crippen LogP contribution < -0.4 is 0 Å². The third-order valence-electron chi connectivity index (χ3n) is 4.74. The molecule has 3 unspecified atom stereocenters. The molecule has 154 valence electrons. The first-order valence-electron chi connectivity index (χ1n) is 9.51. The summed E-state index contributed by atoms with van der Waals surface area (Å²) in [5.74, 6) is -1.03. The Morgan fingerprint density at radius 1 is 1.04 bits per heavy atom. The number of aliphatic hydroxyl groups excluding tert-OH is 4. The van der Waals surface area contributed by atoms with Gasteiger partial charge in [0.2, 0.25) is 0 Å². The molecule has 0 aliphatic carbocycles. The molecular formula is C18H34O8. The molecule has 0 aromatic heterocycles. The number of rotatable bonds is 12. The average molecular weight is 378 g/mol. The Bertz CT molecular complexity index is 405. The predicted octanol–water partition coefficient (Wildman–Crippen LogP) is 0.785. The molecule has 0 bridgehead atoms. The average Bonchev–Trinajstić information content (AvgIpc) is 2.57. The number of carboxylic acid groups (broad SMARTS) is 1. The highest BCUT2D eigenvalue weighted by Gasteiger charge is 2.43. The van der Waals surface area contributed by atoms with E-state index < -0.39 is 42.8 Å². The SMILES string of the molecule is CCCCCC(CCCC(O)CC(=O)O)OC1O[C@@H](C)[C@@H](O)[C@@H](O)[C@@H]1O. The van der Waals surface area contributed by atoms with Crippen molar-refractivity contribution < 1.29 is 39.8 Å². The van der Waals surface area contributed by atoms with E-state index in [0.29, 0.717) is 19.3 Å². The van der Waals surface area contributed by atoms with E-state index in [9.17, 15) is 25.2 Å². The molecule has 7 atom stereocenters. The van der Waals surface area contributed by atoms with Crippen LogP contribution >= 0.6 is 0 Å². The minimum absolute atomic E-state index is 0.243. The summed E-state index contributed by atoms with van der Waals surface area (Å²) in [5, 5.41) is 48.1. The van der Waals surface area contributed by atoms with Crippen molar-refractivity contribution in [3.8, 4) is 0 Å². The highest BCUT2D eigenvalue weighted by Crippen LogP contribution is 2.25. The standard InChI is InChI=1S/C18H34O8/c1-3-4-5-8-13(9-6-7-12(19)10-14(20)21)26-18-17(24)16(23)15(22)11(2)25-18/h11-13,15-19,22-24H,3-10H2,1-2H3,(H,20,21)/t11-,12?,13?,15+,16+,17-,18?/m0/s1. The second-order valence-electron chi connectivity index (χ2n) is 7.12. The minimum Gasteiger partial charge on any atom is -0.481 e. The summed E-state index contributed by atoms with van der Waals surface area (Å²) in [6.07, 6.45) is -1.68. The van der Waals surface area contributed by atoms with E-state index in [1.807, 2.05) is 0 Å². The van der Waals surface area contributed by atoms with Gasteiger partial charge in [-0.2, -0.15) is 0 Å². The Kier molecular flexibility index (Phi) is 10.6. The summed E-state index contributed by atoms with van der Waals surface area (Å²) in [5.41, 5.74) is 0. The molecule has 8 nitrogen and oxygen atoms in total. The predicted molar refractivity (Wildman–Crippen MR) is 93.5 cm³/mol. The Balaban J connectivity index is 2.55. The molecule has 1 aliphatic heterocycles. The van der Waals surface area contributed by atoms with Crippen molar-refractivity contribution >= 4 is 5.97 Å². The lowest BCUT2D eigenvalue weighted by Crippen LogP contribution is -2.57. The molecule has 0 radical (unpaired) electrons. The summed E-state index contributed by atoms with van der Waals surface area (Å²) in [7, 11) is 0. The molecule has 8 heteroatoms. The van der Waals surface area contributed by atoms with Gasteiger partial charge in [0.15, 0.2) is 6.29 Å². The van der Waals surface area contributed by atoms with Crippen LogP contribution in [0.5, 0.6) is 0 Å². The van der Waals surface area contributed by atoms with Crippen molar-refractivity contribution in [2.24, 2.45) is 0 Å². The second-order valence-corrected chi connectivity index (χ2v) is 7.12. The van der Waals surface area contributed by atoms with Gasteiger partial charge in [0.05, 0.1) is 24.7 Å².